The first kappa shape index (κ1) is 19.5. The molecule has 2 aromatic carbocycles. The molecule has 1 aromatic heterocycles. The lowest BCUT2D eigenvalue weighted by molar-refractivity contribution is -0.122. The summed E-state index contributed by atoms with van der Waals surface area (Å²) in [5, 5.41) is 11.2. The van der Waals surface area contributed by atoms with E-state index in [4.69, 9.17) is 4.74 Å². The Bertz CT molecular complexity index is 1030. The van der Waals surface area contributed by atoms with Crippen LogP contribution in [0, 0.1) is 0 Å². The summed E-state index contributed by atoms with van der Waals surface area (Å²) in [6, 6.07) is 14.5. The second-order valence-corrected chi connectivity index (χ2v) is 6.59. The van der Waals surface area contributed by atoms with E-state index in [1.165, 1.54) is 0 Å². The Morgan fingerprint density at radius 3 is 2.64 bits per heavy atom. The van der Waals surface area contributed by atoms with Gasteiger partial charge in [-0.2, -0.15) is 0 Å². The van der Waals surface area contributed by atoms with Gasteiger partial charge < -0.3 is 15.0 Å². The predicted molar refractivity (Wildman–Crippen MR) is 106 cm³/mol. The van der Waals surface area contributed by atoms with Crippen LogP contribution in [0.1, 0.15) is 11.6 Å². The number of ether oxygens (including phenoxy) is 1. The van der Waals surface area contributed by atoms with Crippen molar-refractivity contribution in [2.24, 2.45) is 0 Å². The number of para-hydroxylation sites is 1. The highest BCUT2D eigenvalue weighted by Crippen LogP contribution is 2.27. The third-order valence-corrected chi connectivity index (χ3v) is 4.54. The average Bonchev–Trinajstić information content (AvgIpc) is 2.70. The van der Waals surface area contributed by atoms with Crippen LogP contribution in [-0.4, -0.2) is 53.6 Å². The fraction of sp³-hybridized carbons (Fsp3) is 0.300. The van der Waals surface area contributed by atoms with Gasteiger partial charge >= 0.3 is 0 Å². The maximum absolute atomic E-state index is 12.5. The fourth-order valence-electron chi connectivity index (χ4n) is 3.04. The van der Waals surface area contributed by atoms with E-state index in [-0.39, 0.29) is 24.1 Å². The van der Waals surface area contributed by atoms with Gasteiger partial charge in [0.2, 0.25) is 5.91 Å². The van der Waals surface area contributed by atoms with E-state index >= 15 is 0 Å². The van der Waals surface area contributed by atoms with Gasteiger partial charge in [0.25, 0.3) is 5.56 Å². The van der Waals surface area contributed by atoms with E-state index in [1.54, 1.807) is 31.4 Å². The Kier molecular flexibility index (Phi) is 6.00. The van der Waals surface area contributed by atoms with Crippen LogP contribution in [0.5, 0.6) is 5.75 Å². The topological polar surface area (TPSA) is 89.3 Å². The molecular weight excluding hydrogens is 358 g/mol. The number of hydrogen-bond donors (Lipinski definition) is 1. The van der Waals surface area contributed by atoms with Gasteiger partial charge in [-0.1, -0.05) is 35.5 Å². The standard InChI is InChI=1S/C20H23N5O3/c1-24(2)17(15-9-5-7-11-18(15)28-3)12-21-19(26)13-25-20(27)14-8-4-6-10-16(14)22-23-25/h4-11,17H,12-13H2,1-3H3,(H,21,26). The van der Waals surface area contributed by atoms with Crippen LogP contribution < -0.4 is 15.6 Å². The van der Waals surface area contributed by atoms with Crippen molar-refractivity contribution in [3.8, 4) is 5.75 Å². The first-order chi connectivity index (χ1) is 13.5. The van der Waals surface area contributed by atoms with Crippen LogP contribution in [-0.2, 0) is 11.3 Å². The zero-order valence-corrected chi connectivity index (χ0v) is 16.1. The van der Waals surface area contributed by atoms with Crippen molar-refractivity contribution in [3.63, 3.8) is 0 Å². The molecule has 8 nitrogen and oxygen atoms in total. The summed E-state index contributed by atoms with van der Waals surface area (Å²) in [6.07, 6.45) is 0. The Labute approximate surface area is 162 Å². The number of nitrogens with zero attached hydrogens (tertiary/aromatic N) is 4. The van der Waals surface area contributed by atoms with Gasteiger partial charge in [0.1, 0.15) is 17.8 Å². The van der Waals surface area contributed by atoms with Crippen LogP contribution in [0.3, 0.4) is 0 Å². The van der Waals surface area contributed by atoms with Crippen molar-refractivity contribution in [1.29, 1.82) is 0 Å². The molecule has 3 rings (SSSR count). The lowest BCUT2D eigenvalue weighted by atomic mass is 10.0. The molecule has 3 aromatic rings. The van der Waals surface area contributed by atoms with Crippen LogP contribution in [0.2, 0.25) is 0 Å². The number of likely N-dealkylation sites (N-methyl/N-ethyl adjacent to an activating group) is 1. The molecule has 1 heterocycles. The van der Waals surface area contributed by atoms with Crippen molar-refractivity contribution in [2.45, 2.75) is 12.6 Å². The molecule has 1 amide bonds. The summed E-state index contributed by atoms with van der Waals surface area (Å²) in [6.45, 7) is 0.171. The lowest BCUT2D eigenvalue weighted by Gasteiger charge is -2.26. The van der Waals surface area contributed by atoms with Gasteiger partial charge in [0.15, 0.2) is 0 Å². The van der Waals surface area contributed by atoms with Gasteiger partial charge in [-0.3, -0.25) is 9.59 Å². The van der Waals surface area contributed by atoms with Crippen LogP contribution in [0.15, 0.2) is 53.3 Å². The summed E-state index contributed by atoms with van der Waals surface area (Å²) < 4.78 is 6.51. The number of nitrogens with one attached hydrogen (secondary N) is 1. The first-order valence-electron chi connectivity index (χ1n) is 8.90. The van der Waals surface area contributed by atoms with E-state index in [0.29, 0.717) is 17.4 Å². The number of fused-ring (bicyclic) bond motifs is 1. The van der Waals surface area contributed by atoms with E-state index in [1.807, 2.05) is 43.3 Å². The van der Waals surface area contributed by atoms with E-state index in [9.17, 15) is 9.59 Å². The van der Waals surface area contributed by atoms with Crippen molar-refractivity contribution < 1.29 is 9.53 Å². The highest BCUT2D eigenvalue weighted by Gasteiger charge is 2.19. The second kappa shape index (κ2) is 8.62. The quantitative estimate of drug-likeness (QED) is 0.662. The van der Waals surface area contributed by atoms with Crippen LogP contribution in [0.4, 0.5) is 0 Å². The zero-order chi connectivity index (χ0) is 20.1. The number of hydrogen-bond acceptors (Lipinski definition) is 6. The van der Waals surface area contributed by atoms with Crippen LogP contribution in [0.25, 0.3) is 10.9 Å². The normalized spacial score (nSPS) is 12.1. The highest BCUT2D eigenvalue weighted by atomic mass is 16.5. The number of carbonyl (C=O) groups excluding carboxylic acids is 1. The molecule has 0 aliphatic carbocycles. The molecule has 0 radical (unpaired) electrons. The SMILES string of the molecule is COc1ccccc1C(CNC(=O)Cn1nnc2ccccc2c1=O)N(C)C. The summed E-state index contributed by atoms with van der Waals surface area (Å²) in [5.41, 5.74) is 1.14. The first-order valence-corrected chi connectivity index (χ1v) is 8.90. The maximum Gasteiger partial charge on any atom is 0.278 e. The van der Waals surface area contributed by atoms with E-state index in [2.05, 4.69) is 15.6 Å². The number of amides is 1. The van der Waals surface area contributed by atoms with E-state index in [0.717, 1.165) is 16.0 Å². The van der Waals surface area contributed by atoms with Gasteiger partial charge in [-0.15, -0.1) is 5.10 Å². The van der Waals surface area contributed by atoms with Crippen molar-refractivity contribution in [2.75, 3.05) is 27.7 Å². The number of aromatic nitrogens is 3. The van der Waals surface area contributed by atoms with Gasteiger partial charge in [-0.25, -0.2) is 4.68 Å². The Morgan fingerprint density at radius 1 is 1.18 bits per heavy atom. The molecular formula is C20H23N5O3. The molecule has 0 spiro atoms. The molecule has 0 saturated carbocycles. The number of benzene rings is 2. The van der Waals surface area contributed by atoms with Gasteiger partial charge in [-0.05, 0) is 32.3 Å². The smallest absolute Gasteiger partial charge is 0.278 e. The van der Waals surface area contributed by atoms with Crippen LogP contribution >= 0.6 is 0 Å². The third kappa shape index (κ3) is 4.17. The Balaban J connectivity index is 1.72. The zero-order valence-electron chi connectivity index (χ0n) is 16.1. The average molecular weight is 381 g/mol. The Hall–Kier alpha value is -3.26. The summed E-state index contributed by atoms with van der Waals surface area (Å²) in [4.78, 5) is 26.9. The highest BCUT2D eigenvalue weighted by molar-refractivity contribution is 5.78. The van der Waals surface area contributed by atoms with Crippen molar-refractivity contribution in [1.82, 2.24) is 25.2 Å². The van der Waals surface area contributed by atoms with Crippen molar-refractivity contribution >= 4 is 16.8 Å². The number of carbonyl (C=O) groups is 1. The minimum atomic E-state index is -0.338. The molecule has 1 atom stereocenters. The molecule has 0 aliphatic heterocycles. The molecule has 0 bridgehead atoms. The second-order valence-electron chi connectivity index (χ2n) is 6.59. The summed E-state index contributed by atoms with van der Waals surface area (Å²) >= 11 is 0. The summed E-state index contributed by atoms with van der Waals surface area (Å²) in [5.74, 6) is 0.445. The molecule has 1 N–H and O–H groups in total. The van der Waals surface area contributed by atoms with Gasteiger partial charge in [0, 0.05) is 12.1 Å². The molecule has 1 unspecified atom stereocenters. The molecule has 0 fully saturated rings. The van der Waals surface area contributed by atoms with Gasteiger partial charge in [0.05, 0.1) is 18.5 Å². The fourth-order valence-corrected chi connectivity index (χ4v) is 3.04. The molecule has 146 valence electrons. The minimum Gasteiger partial charge on any atom is -0.496 e. The lowest BCUT2D eigenvalue weighted by Crippen LogP contribution is -2.38. The molecule has 28 heavy (non-hydrogen) atoms. The molecule has 0 saturated heterocycles. The molecule has 0 aliphatic rings. The monoisotopic (exact) mass is 381 g/mol. The third-order valence-electron chi connectivity index (χ3n) is 4.54. The minimum absolute atomic E-state index is 0.0838. The number of methoxy groups -OCH3 is 1. The van der Waals surface area contributed by atoms with Crippen molar-refractivity contribution in [3.05, 3.63) is 64.4 Å². The largest absolute Gasteiger partial charge is 0.496 e. The van der Waals surface area contributed by atoms with E-state index < -0.39 is 0 Å². The number of rotatable bonds is 7. The molecule has 8 heteroatoms. The summed E-state index contributed by atoms with van der Waals surface area (Å²) in [7, 11) is 5.49. The maximum atomic E-state index is 12.5. The Morgan fingerprint density at radius 2 is 1.89 bits per heavy atom. The predicted octanol–water partition coefficient (Wildman–Crippen LogP) is 1.22.